The van der Waals surface area contributed by atoms with Crippen molar-refractivity contribution in [1.29, 1.82) is 0 Å². The third-order valence-corrected chi connectivity index (χ3v) is 3.23. The Hall–Kier alpha value is -0.610. The summed E-state index contributed by atoms with van der Waals surface area (Å²) in [4.78, 5) is 14.3. The second kappa shape index (κ2) is 5.36. The number of hydrogen-bond donors (Lipinski definition) is 1. The van der Waals surface area contributed by atoms with Gasteiger partial charge in [-0.15, -0.1) is 0 Å². The zero-order valence-electron chi connectivity index (χ0n) is 11.8. The Kier molecular flexibility index (Phi) is 4.55. The second-order valence-electron chi connectivity index (χ2n) is 6.22. The van der Waals surface area contributed by atoms with Crippen LogP contribution >= 0.6 is 0 Å². The van der Waals surface area contributed by atoms with Gasteiger partial charge in [0.1, 0.15) is 0 Å². The molecule has 1 aliphatic rings. The van der Waals surface area contributed by atoms with Gasteiger partial charge in [-0.25, -0.2) is 0 Å². The lowest BCUT2D eigenvalue weighted by Crippen LogP contribution is -2.51. The number of nitrogens with one attached hydrogen (secondary N) is 1. The molecule has 1 rings (SSSR count). The maximum atomic E-state index is 12.4. The Balaban J connectivity index is 2.72. The number of amides is 1. The smallest absolute Gasteiger partial charge is 0.242 e. The zero-order valence-corrected chi connectivity index (χ0v) is 11.8. The summed E-state index contributed by atoms with van der Waals surface area (Å²) in [5.74, 6) is 0.194. The van der Waals surface area contributed by atoms with Crippen LogP contribution in [0.3, 0.4) is 0 Å². The van der Waals surface area contributed by atoms with Gasteiger partial charge >= 0.3 is 0 Å². The van der Waals surface area contributed by atoms with Crippen molar-refractivity contribution in [3.63, 3.8) is 0 Å². The van der Waals surface area contributed by atoms with Crippen molar-refractivity contribution in [2.45, 2.75) is 39.7 Å². The van der Waals surface area contributed by atoms with Crippen molar-refractivity contribution in [2.75, 3.05) is 33.4 Å². The van der Waals surface area contributed by atoms with E-state index < -0.39 is 5.54 Å². The summed E-state index contributed by atoms with van der Waals surface area (Å²) in [6.45, 7) is 11.5. The van der Waals surface area contributed by atoms with Crippen LogP contribution in [-0.2, 0) is 9.53 Å². The van der Waals surface area contributed by atoms with Crippen LogP contribution in [0, 0.1) is 5.41 Å². The fraction of sp³-hybridized carbons (Fsp3) is 0.923. The largest absolute Gasteiger partial charge is 0.385 e. The van der Waals surface area contributed by atoms with Gasteiger partial charge in [0.25, 0.3) is 0 Å². The topological polar surface area (TPSA) is 41.6 Å². The summed E-state index contributed by atoms with van der Waals surface area (Å²) in [6.07, 6.45) is 0.897. The van der Waals surface area contributed by atoms with E-state index in [-0.39, 0.29) is 11.3 Å². The van der Waals surface area contributed by atoms with Crippen LogP contribution in [0.5, 0.6) is 0 Å². The molecule has 4 nitrogen and oxygen atoms in total. The van der Waals surface area contributed by atoms with Crippen molar-refractivity contribution in [1.82, 2.24) is 10.2 Å². The van der Waals surface area contributed by atoms with Crippen LogP contribution in [0.15, 0.2) is 0 Å². The minimum atomic E-state index is -0.457. The molecule has 1 fully saturated rings. The van der Waals surface area contributed by atoms with E-state index in [0.717, 1.165) is 26.1 Å². The van der Waals surface area contributed by atoms with Crippen LogP contribution < -0.4 is 5.32 Å². The first kappa shape index (κ1) is 14.5. The van der Waals surface area contributed by atoms with Crippen molar-refractivity contribution >= 4 is 5.91 Å². The molecule has 1 N–H and O–H groups in total. The van der Waals surface area contributed by atoms with Gasteiger partial charge in [-0.3, -0.25) is 4.79 Å². The van der Waals surface area contributed by atoms with E-state index in [1.165, 1.54) is 0 Å². The molecule has 17 heavy (non-hydrogen) atoms. The quantitative estimate of drug-likeness (QED) is 0.755. The first-order chi connectivity index (χ1) is 7.78. The van der Waals surface area contributed by atoms with Crippen LogP contribution in [0.2, 0.25) is 0 Å². The average molecular weight is 242 g/mol. The van der Waals surface area contributed by atoms with Gasteiger partial charge in [0.05, 0.1) is 5.54 Å². The highest BCUT2D eigenvalue weighted by Gasteiger charge is 2.38. The fourth-order valence-corrected chi connectivity index (χ4v) is 2.16. The minimum Gasteiger partial charge on any atom is -0.385 e. The van der Waals surface area contributed by atoms with Crippen molar-refractivity contribution in [3.05, 3.63) is 0 Å². The molecule has 0 aromatic heterocycles. The molecule has 1 aliphatic heterocycles. The molecule has 0 radical (unpaired) electrons. The molecule has 1 saturated heterocycles. The van der Waals surface area contributed by atoms with E-state index in [2.05, 4.69) is 19.2 Å². The van der Waals surface area contributed by atoms with E-state index in [1.807, 2.05) is 18.7 Å². The van der Waals surface area contributed by atoms with Gasteiger partial charge < -0.3 is 15.0 Å². The van der Waals surface area contributed by atoms with Crippen molar-refractivity contribution in [3.8, 4) is 0 Å². The number of ether oxygens (including phenoxy) is 1. The Morgan fingerprint density at radius 2 is 2.00 bits per heavy atom. The summed E-state index contributed by atoms with van der Waals surface area (Å²) >= 11 is 0. The van der Waals surface area contributed by atoms with Crippen molar-refractivity contribution < 1.29 is 9.53 Å². The highest BCUT2D eigenvalue weighted by atomic mass is 16.5. The highest BCUT2D eigenvalue weighted by Crippen LogP contribution is 2.23. The Labute approximate surface area is 105 Å². The van der Waals surface area contributed by atoms with Gasteiger partial charge in [-0.05, 0) is 25.7 Å². The van der Waals surface area contributed by atoms with E-state index in [9.17, 15) is 4.79 Å². The predicted molar refractivity (Wildman–Crippen MR) is 68.9 cm³/mol. The molecule has 1 amide bonds. The number of nitrogens with zero attached hydrogens (tertiary/aromatic N) is 1. The normalized spacial score (nSPS) is 23.6. The highest BCUT2D eigenvalue weighted by molar-refractivity contribution is 5.85. The SMILES string of the molecule is COCCCN1CC(C)(C)CNC(C)(C)C1=O. The lowest BCUT2D eigenvalue weighted by molar-refractivity contribution is -0.136. The predicted octanol–water partition coefficient (Wildman–Crippen LogP) is 1.26. The molecular formula is C13H26N2O2. The maximum absolute atomic E-state index is 12.4. The summed E-state index contributed by atoms with van der Waals surface area (Å²) in [7, 11) is 1.69. The molecule has 0 spiro atoms. The third kappa shape index (κ3) is 3.96. The number of methoxy groups -OCH3 is 1. The standard InChI is InChI=1S/C13H26N2O2/c1-12(2)9-14-13(3,4)11(16)15(10-12)7-6-8-17-5/h14H,6-10H2,1-5H3. The Bertz CT molecular complexity index is 275. The lowest BCUT2D eigenvalue weighted by atomic mass is 9.93. The summed E-state index contributed by atoms with van der Waals surface area (Å²) in [6, 6.07) is 0. The van der Waals surface area contributed by atoms with Gasteiger partial charge in [0, 0.05) is 33.4 Å². The molecule has 0 bridgehead atoms. The molecule has 100 valence electrons. The van der Waals surface area contributed by atoms with Crippen LogP contribution in [0.1, 0.15) is 34.1 Å². The lowest BCUT2D eigenvalue weighted by Gasteiger charge is -2.30. The van der Waals surface area contributed by atoms with Crippen molar-refractivity contribution in [2.24, 2.45) is 5.41 Å². The molecule has 0 unspecified atom stereocenters. The molecule has 0 atom stereocenters. The van der Waals surface area contributed by atoms with Crippen LogP contribution in [0.4, 0.5) is 0 Å². The van der Waals surface area contributed by atoms with E-state index in [4.69, 9.17) is 4.74 Å². The van der Waals surface area contributed by atoms with Gasteiger partial charge in [-0.1, -0.05) is 13.8 Å². The number of carbonyl (C=O) groups excluding carboxylic acids is 1. The van der Waals surface area contributed by atoms with Crippen LogP contribution in [0.25, 0.3) is 0 Å². The van der Waals surface area contributed by atoms with E-state index in [1.54, 1.807) is 7.11 Å². The maximum Gasteiger partial charge on any atom is 0.242 e. The monoisotopic (exact) mass is 242 g/mol. The molecular weight excluding hydrogens is 216 g/mol. The van der Waals surface area contributed by atoms with Gasteiger partial charge in [-0.2, -0.15) is 0 Å². The fourth-order valence-electron chi connectivity index (χ4n) is 2.16. The molecule has 1 heterocycles. The molecule has 0 aliphatic carbocycles. The second-order valence-corrected chi connectivity index (χ2v) is 6.22. The Morgan fingerprint density at radius 1 is 1.35 bits per heavy atom. The van der Waals surface area contributed by atoms with E-state index >= 15 is 0 Å². The van der Waals surface area contributed by atoms with Crippen LogP contribution in [-0.4, -0.2) is 49.7 Å². The number of carbonyl (C=O) groups is 1. The summed E-state index contributed by atoms with van der Waals surface area (Å²) in [5.41, 5.74) is -0.336. The average Bonchev–Trinajstić information content (AvgIpc) is 2.30. The molecule has 0 aromatic rings. The number of rotatable bonds is 4. The molecule has 0 saturated carbocycles. The molecule has 0 aromatic carbocycles. The summed E-state index contributed by atoms with van der Waals surface area (Å²) < 4.78 is 5.05. The minimum absolute atomic E-state index is 0.122. The van der Waals surface area contributed by atoms with Gasteiger partial charge in [0.15, 0.2) is 0 Å². The first-order valence-corrected chi connectivity index (χ1v) is 6.32. The number of hydrogen-bond acceptors (Lipinski definition) is 3. The summed E-state index contributed by atoms with van der Waals surface area (Å²) in [5, 5.41) is 3.36. The van der Waals surface area contributed by atoms with E-state index in [0.29, 0.717) is 6.61 Å². The third-order valence-electron chi connectivity index (χ3n) is 3.23. The molecule has 4 heteroatoms. The zero-order chi connectivity index (χ0) is 13.1. The first-order valence-electron chi connectivity index (χ1n) is 6.32. The Morgan fingerprint density at radius 3 is 2.59 bits per heavy atom. The van der Waals surface area contributed by atoms with Gasteiger partial charge in [0.2, 0.25) is 5.91 Å².